The highest BCUT2D eigenvalue weighted by Gasteiger charge is 2.38. The lowest BCUT2D eigenvalue weighted by Crippen LogP contribution is -2.39. The molecule has 60 heavy (non-hydrogen) atoms. The molecular formula is C47H56ClN7O4S. The van der Waals surface area contributed by atoms with Gasteiger partial charge in [-0.3, -0.25) is 14.4 Å². The van der Waals surface area contributed by atoms with Crippen molar-refractivity contribution < 1.29 is 19.1 Å². The van der Waals surface area contributed by atoms with Gasteiger partial charge in [0.05, 0.1) is 38.7 Å². The summed E-state index contributed by atoms with van der Waals surface area (Å²) in [4.78, 5) is 46.9. The Morgan fingerprint density at radius 3 is 2.30 bits per heavy atom. The Bertz CT molecular complexity index is 2630. The van der Waals surface area contributed by atoms with Crippen molar-refractivity contribution in [3.63, 3.8) is 0 Å². The van der Waals surface area contributed by atoms with Gasteiger partial charge in [-0.15, -0.1) is 5.10 Å². The number of ether oxygens (including phenoxy) is 1. The van der Waals surface area contributed by atoms with E-state index in [9.17, 15) is 14.4 Å². The molecule has 0 radical (unpaired) electrons. The minimum atomic E-state index is -1.37. The van der Waals surface area contributed by atoms with Crippen molar-refractivity contribution in [2.75, 3.05) is 17.2 Å². The van der Waals surface area contributed by atoms with Gasteiger partial charge in [0.15, 0.2) is 16.6 Å². The van der Waals surface area contributed by atoms with E-state index in [-0.39, 0.29) is 39.7 Å². The maximum atomic E-state index is 14.1. The van der Waals surface area contributed by atoms with Gasteiger partial charge in [-0.05, 0) is 90.3 Å². The standard InChI is InChI=1S/C47H56ClN7O4S/c1-11-46(6,7)29-19-24-38(32(26-29)47(8,9)12-2)59-25-15-18-40(56)49-30-20-22-33(48)34(27-30)51-43(58)41(42(57)45(3,4)5)55-36-23-21-31(28-35(36)52-53-55)50-44-54(10)37-16-13-14-17-39(37)60-44/h13-14,16-17,19-24,26-28,41H,11-12,15,18,25H2,1-10H3,(H,49,56)(H,51,58). The predicted molar refractivity (Wildman–Crippen MR) is 244 cm³/mol. The molecule has 0 bridgehead atoms. The number of aromatic nitrogens is 4. The Morgan fingerprint density at radius 2 is 1.60 bits per heavy atom. The largest absolute Gasteiger partial charge is 0.493 e. The molecule has 4 aromatic carbocycles. The molecule has 6 rings (SSSR count). The van der Waals surface area contributed by atoms with Crippen LogP contribution >= 0.6 is 22.9 Å². The maximum absolute atomic E-state index is 14.1. The van der Waals surface area contributed by atoms with Gasteiger partial charge in [-0.25, -0.2) is 9.67 Å². The summed E-state index contributed by atoms with van der Waals surface area (Å²) in [6.07, 6.45) is 2.71. The molecule has 11 nitrogen and oxygen atoms in total. The molecule has 2 heterocycles. The SMILES string of the molecule is CCC(C)(C)c1ccc(OCCCC(=O)Nc2ccc(Cl)c(NC(=O)C(C(=O)C(C)(C)C)n3nnc4cc(N=c5sc6ccccc6n5C)ccc43)c2)c(C(C)(C)CC)c1. The van der Waals surface area contributed by atoms with E-state index in [1.807, 2.05) is 35.9 Å². The summed E-state index contributed by atoms with van der Waals surface area (Å²) in [5.41, 5.74) is 4.92. The molecule has 0 fully saturated rings. The highest BCUT2D eigenvalue weighted by atomic mass is 35.5. The van der Waals surface area contributed by atoms with E-state index in [0.717, 1.165) is 33.6 Å². The lowest BCUT2D eigenvalue weighted by molar-refractivity contribution is -0.135. The molecule has 6 aromatic rings. The molecule has 0 aliphatic carbocycles. The fourth-order valence-electron chi connectivity index (χ4n) is 6.78. The summed E-state index contributed by atoms with van der Waals surface area (Å²) < 4.78 is 10.8. The fraction of sp³-hybridized carbons (Fsp3) is 0.404. The van der Waals surface area contributed by atoms with Crippen molar-refractivity contribution in [1.82, 2.24) is 19.6 Å². The smallest absolute Gasteiger partial charge is 0.257 e. The minimum Gasteiger partial charge on any atom is -0.493 e. The maximum Gasteiger partial charge on any atom is 0.257 e. The lowest BCUT2D eigenvalue weighted by Gasteiger charge is -2.30. The first-order chi connectivity index (χ1) is 28.3. The zero-order chi connectivity index (χ0) is 43.6. The normalized spacial score (nSPS) is 13.2. The van der Waals surface area contributed by atoms with Crippen molar-refractivity contribution in [2.45, 2.75) is 105 Å². The summed E-state index contributed by atoms with van der Waals surface area (Å²) in [5.74, 6) is -0.385. The topological polar surface area (TPSA) is 132 Å². The van der Waals surface area contributed by atoms with Crippen LogP contribution in [0, 0.1) is 5.41 Å². The number of rotatable bonds is 15. The molecular weight excluding hydrogens is 794 g/mol. The molecule has 0 spiro atoms. The van der Waals surface area contributed by atoms with E-state index in [1.54, 1.807) is 62.4 Å². The van der Waals surface area contributed by atoms with Crippen LogP contribution in [0.2, 0.25) is 5.02 Å². The van der Waals surface area contributed by atoms with Crippen LogP contribution in [0.4, 0.5) is 17.1 Å². The number of ketones is 1. The summed E-state index contributed by atoms with van der Waals surface area (Å²) in [6.45, 7) is 19.0. The number of amides is 2. The Kier molecular flexibility index (Phi) is 13.1. The van der Waals surface area contributed by atoms with Gasteiger partial charge in [-0.2, -0.15) is 0 Å². The first-order valence-corrected chi connectivity index (χ1v) is 21.7. The molecule has 0 saturated carbocycles. The van der Waals surface area contributed by atoms with E-state index < -0.39 is 17.4 Å². The van der Waals surface area contributed by atoms with Crippen molar-refractivity contribution in [1.29, 1.82) is 0 Å². The number of para-hydroxylation sites is 1. The molecule has 0 aliphatic rings. The molecule has 13 heteroatoms. The molecule has 2 amide bonds. The Labute approximate surface area is 361 Å². The monoisotopic (exact) mass is 849 g/mol. The van der Waals surface area contributed by atoms with E-state index in [2.05, 4.69) is 86.8 Å². The number of nitrogens with zero attached hydrogens (tertiary/aromatic N) is 5. The number of hydrogen-bond acceptors (Lipinski definition) is 8. The second-order valence-corrected chi connectivity index (χ2v) is 19.0. The molecule has 316 valence electrons. The van der Waals surface area contributed by atoms with Gasteiger partial charge in [-0.1, -0.05) is 115 Å². The summed E-state index contributed by atoms with van der Waals surface area (Å²) >= 11 is 8.15. The summed E-state index contributed by atoms with van der Waals surface area (Å²) in [5, 5.41) is 14.6. The van der Waals surface area contributed by atoms with E-state index in [1.165, 1.54) is 15.8 Å². The minimum absolute atomic E-state index is 0.0549. The van der Waals surface area contributed by atoms with Gasteiger partial charge in [0.2, 0.25) is 5.91 Å². The fourth-order valence-corrected chi connectivity index (χ4v) is 7.98. The highest BCUT2D eigenvalue weighted by Crippen LogP contribution is 2.39. The first-order valence-electron chi connectivity index (χ1n) is 20.5. The van der Waals surface area contributed by atoms with Crippen molar-refractivity contribution in [3.8, 4) is 5.75 Å². The van der Waals surface area contributed by atoms with Crippen LogP contribution in [0.3, 0.4) is 0 Å². The number of halogens is 1. The number of fused-ring (bicyclic) bond motifs is 2. The number of Topliss-reactive ketones (excluding diaryl/α,β-unsaturated/α-hetero) is 1. The van der Waals surface area contributed by atoms with Crippen LogP contribution in [0.25, 0.3) is 21.3 Å². The lowest BCUT2D eigenvalue weighted by atomic mass is 9.76. The average Bonchev–Trinajstić information content (AvgIpc) is 3.76. The van der Waals surface area contributed by atoms with Crippen LogP contribution in [0.1, 0.15) is 105 Å². The zero-order valence-electron chi connectivity index (χ0n) is 36.3. The highest BCUT2D eigenvalue weighted by molar-refractivity contribution is 7.16. The molecule has 2 aromatic heterocycles. The molecule has 0 saturated heterocycles. The van der Waals surface area contributed by atoms with Crippen LogP contribution in [-0.2, 0) is 32.3 Å². The van der Waals surface area contributed by atoms with Gasteiger partial charge in [0.25, 0.3) is 5.91 Å². The molecule has 1 atom stereocenters. The second kappa shape index (κ2) is 17.7. The predicted octanol–water partition coefficient (Wildman–Crippen LogP) is 10.8. The molecule has 1 unspecified atom stereocenters. The molecule has 0 aliphatic heterocycles. The quantitative estimate of drug-likeness (QED) is 0.0781. The van der Waals surface area contributed by atoms with Gasteiger partial charge in [0, 0.05) is 30.1 Å². The number of nitrogens with one attached hydrogen (secondary N) is 2. The number of carbonyl (C=O) groups is 3. The first kappa shape index (κ1) is 44.2. The number of hydrogen-bond donors (Lipinski definition) is 2. The number of anilines is 2. The van der Waals surface area contributed by atoms with Crippen molar-refractivity contribution in [2.24, 2.45) is 17.5 Å². The van der Waals surface area contributed by atoms with Crippen LogP contribution in [-0.4, -0.2) is 43.8 Å². The van der Waals surface area contributed by atoms with Crippen LogP contribution in [0.15, 0.2) is 83.9 Å². The zero-order valence-corrected chi connectivity index (χ0v) is 37.8. The van der Waals surface area contributed by atoms with Crippen molar-refractivity contribution >= 4 is 78.8 Å². The third-order valence-corrected chi connectivity index (χ3v) is 12.9. The van der Waals surface area contributed by atoms with E-state index in [4.69, 9.17) is 21.3 Å². The summed E-state index contributed by atoms with van der Waals surface area (Å²) in [6, 6.07) is 23.4. The Hall–Kier alpha value is -5.33. The second-order valence-electron chi connectivity index (χ2n) is 17.6. The number of carbonyl (C=O) groups excluding carboxylic acids is 3. The number of thiazole rings is 1. The number of benzene rings is 4. The van der Waals surface area contributed by atoms with E-state index >= 15 is 0 Å². The van der Waals surface area contributed by atoms with Gasteiger partial charge >= 0.3 is 0 Å². The summed E-state index contributed by atoms with van der Waals surface area (Å²) in [7, 11) is 1.97. The van der Waals surface area contributed by atoms with Gasteiger partial charge < -0.3 is 19.9 Å². The van der Waals surface area contributed by atoms with E-state index in [0.29, 0.717) is 35.4 Å². The average molecular weight is 851 g/mol. The van der Waals surface area contributed by atoms with Crippen LogP contribution < -0.4 is 20.2 Å². The third-order valence-electron chi connectivity index (χ3n) is 11.4. The van der Waals surface area contributed by atoms with Crippen LogP contribution in [0.5, 0.6) is 5.75 Å². The van der Waals surface area contributed by atoms with Gasteiger partial charge in [0.1, 0.15) is 11.3 Å². The molecule has 2 N–H and O–H groups in total. The Morgan fingerprint density at radius 1 is 0.867 bits per heavy atom. The van der Waals surface area contributed by atoms with Crippen molar-refractivity contribution in [3.05, 3.63) is 99.8 Å². The number of aryl methyl sites for hydroxylation is 1. The third kappa shape index (κ3) is 9.66. The Balaban J connectivity index is 1.15.